The van der Waals surface area contributed by atoms with Gasteiger partial charge in [0.1, 0.15) is 5.82 Å². The van der Waals surface area contributed by atoms with Crippen molar-refractivity contribution in [3.63, 3.8) is 0 Å². The molecule has 0 aliphatic rings. The zero-order valence-corrected chi connectivity index (χ0v) is 10.3. The normalized spacial score (nSPS) is 12.0. The Kier molecular flexibility index (Phi) is 4.44. The summed E-state index contributed by atoms with van der Waals surface area (Å²) < 4.78 is 37.9. The lowest BCUT2D eigenvalue weighted by Crippen LogP contribution is -2.27. The van der Waals surface area contributed by atoms with Gasteiger partial charge in [0, 0.05) is 13.6 Å². The highest BCUT2D eigenvalue weighted by Crippen LogP contribution is 2.15. The van der Waals surface area contributed by atoms with Crippen LogP contribution in [0.2, 0.25) is 0 Å². The largest absolute Gasteiger partial charge is 0.242 e. The summed E-state index contributed by atoms with van der Waals surface area (Å²) in [5.74, 6) is -0.435. The number of unbranched alkanes of at least 4 members (excludes halogenated alkanes) is 1. The molecule has 0 bridgehead atoms. The fourth-order valence-corrected chi connectivity index (χ4v) is 2.50. The molecule has 0 N–H and O–H groups in total. The second kappa shape index (κ2) is 5.41. The van der Waals surface area contributed by atoms with Gasteiger partial charge in [-0.05, 0) is 30.7 Å². The first-order chi connectivity index (χ1) is 7.48. The fourth-order valence-electron chi connectivity index (χ4n) is 1.29. The van der Waals surface area contributed by atoms with E-state index in [1.807, 2.05) is 6.92 Å². The van der Waals surface area contributed by atoms with Crippen molar-refractivity contribution < 1.29 is 12.8 Å². The standard InChI is InChI=1S/C11H16FNO2S/c1-3-4-9-13(2)16(14,15)11-7-5-10(12)6-8-11/h5-8H,3-4,9H2,1-2H3. The topological polar surface area (TPSA) is 37.4 Å². The predicted molar refractivity (Wildman–Crippen MR) is 61.1 cm³/mol. The molecule has 0 amide bonds. The van der Waals surface area contributed by atoms with Gasteiger partial charge in [-0.15, -0.1) is 0 Å². The zero-order chi connectivity index (χ0) is 12.2. The van der Waals surface area contributed by atoms with Crippen molar-refractivity contribution in [2.24, 2.45) is 0 Å². The van der Waals surface area contributed by atoms with Crippen LogP contribution in [0.4, 0.5) is 4.39 Å². The number of benzene rings is 1. The number of hydrogen-bond acceptors (Lipinski definition) is 2. The molecule has 1 rings (SSSR count). The first-order valence-electron chi connectivity index (χ1n) is 5.20. The van der Waals surface area contributed by atoms with E-state index >= 15 is 0 Å². The number of sulfonamides is 1. The van der Waals surface area contributed by atoms with Gasteiger partial charge >= 0.3 is 0 Å². The molecular formula is C11H16FNO2S. The summed E-state index contributed by atoms with van der Waals surface area (Å²) in [6.45, 7) is 2.48. The maximum Gasteiger partial charge on any atom is 0.242 e. The summed E-state index contributed by atoms with van der Waals surface area (Å²) in [4.78, 5) is 0.132. The molecule has 0 atom stereocenters. The van der Waals surface area contributed by atoms with Gasteiger partial charge in [-0.2, -0.15) is 0 Å². The van der Waals surface area contributed by atoms with Gasteiger partial charge in [0.25, 0.3) is 0 Å². The van der Waals surface area contributed by atoms with Gasteiger partial charge in [-0.3, -0.25) is 0 Å². The van der Waals surface area contributed by atoms with E-state index in [1.165, 1.54) is 23.5 Å². The van der Waals surface area contributed by atoms with Crippen LogP contribution in [0, 0.1) is 5.82 Å². The van der Waals surface area contributed by atoms with E-state index in [4.69, 9.17) is 0 Å². The van der Waals surface area contributed by atoms with Crippen molar-refractivity contribution in [2.45, 2.75) is 24.7 Å². The molecule has 0 heterocycles. The molecule has 5 heteroatoms. The van der Waals surface area contributed by atoms with E-state index in [1.54, 1.807) is 0 Å². The molecule has 0 aromatic heterocycles. The van der Waals surface area contributed by atoms with Crippen LogP contribution in [0.5, 0.6) is 0 Å². The highest BCUT2D eigenvalue weighted by Gasteiger charge is 2.19. The summed E-state index contributed by atoms with van der Waals surface area (Å²) in [7, 11) is -1.93. The van der Waals surface area contributed by atoms with Crippen LogP contribution in [-0.2, 0) is 10.0 Å². The molecule has 1 aromatic rings. The zero-order valence-electron chi connectivity index (χ0n) is 9.48. The predicted octanol–water partition coefficient (Wildman–Crippen LogP) is 2.25. The minimum Gasteiger partial charge on any atom is -0.207 e. The Labute approximate surface area is 95.9 Å². The van der Waals surface area contributed by atoms with Gasteiger partial charge in [-0.1, -0.05) is 13.3 Å². The third kappa shape index (κ3) is 3.02. The highest BCUT2D eigenvalue weighted by atomic mass is 32.2. The molecule has 0 saturated heterocycles. The third-order valence-corrected chi connectivity index (χ3v) is 4.22. The smallest absolute Gasteiger partial charge is 0.207 e. The molecule has 0 spiro atoms. The summed E-state index contributed by atoms with van der Waals surface area (Å²) in [6.07, 6.45) is 1.75. The van der Waals surface area contributed by atoms with Gasteiger partial charge in [0.2, 0.25) is 10.0 Å². The van der Waals surface area contributed by atoms with E-state index < -0.39 is 15.8 Å². The Balaban J connectivity index is 2.89. The SMILES string of the molecule is CCCCN(C)S(=O)(=O)c1ccc(F)cc1. The van der Waals surface area contributed by atoms with E-state index in [0.717, 1.165) is 25.0 Å². The maximum absolute atomic E-state index is 12.7. The maximum atomic E-state index is 12.7. The van der Waals surface area contributed by atoms with Gasteiger partial charge < -0.3 is 0 Å². The first kappa shape index (κ1) is 13.1. The molecule has 0 fully saturated rings. The lowest BCUT2D eigenvalue weighted by molar-refractivity contribution is 0.459. The second-order valence-corrected chi connectivity index (χ2v) is 5.68. The Morgan fingerprint density at radius 3 is 2.31 bits per heavy atom. The van der Waals surface area contributed by atoms with Crippen LogP contribution in [0.15, 0.2) is 29.2 Å². The number of halogens is 1. The Bertz CT molecular complexity index is 428. The van der Waals surface area contributed by atoms with Crippen molar-refractivity contribution in [2.75, 3.05) is 13.6 Å². The summed E-state index contributed by atoms with van der Waals surface area (Å²) in [5.41, 5.74) is 0. The second-order valence-electron chi connectivity index (χ2n) is 3.63. The van der Waals surface area contributed by atoms with Gasteiger partial charge in [-0.25, -0.2) is 17.1 Å². The molecule has 0 aliphatic heterocycles. The highest BCUT2D eigenvalue weighted by molar-refractivity contribution is 7.89. The Morgan fingerprint density at radius 1 is 1.25 bits per heavy atom. The average molecular weight is 245 g/mol. The van der Waals surface area contributed by atoms with E-state index in [-0.39, 0.29) is 4.90 Å². The lowest BCUT2D eigenvalue weighted by atomic mass is 10.3. The number of rotatable bonds is 5. The van der Waals surface area contributed by atoms with Crippen molar-refractivity contribution in [3.05, 3.63) is 30.1 Å². The van der Waals surface area contributed by atoms with Crippen LogP contribution < -0.4 is 0 Å². The monoisotopic (exact) mass is 245 g/mol. The van der Waals surface area contributed by atoms with Gasteiger partial charge in [0.05, 0.1) is 4.90 Å². The molecule has 0 aliphatic carbocycles. The van der Waals surface area contributed by atoms with E-state index in [0.29, 0.717) is 6.54 Å². The summed E-state index contributed by atoms with van der Waals surface area (Å²) >= 11 is 0. The third-order valence-electron chi connectivity index (χ3n) is 2.35. The number of nitrogens with zero attached hydrogens (tertiary/aromatic N) is 1. The molecule has 3 nitrogen and oxygen atoms in total. The first-order valence-corrected chi connectivity index (χ1v) is 6.64. The fraction of sp³-hybridized carbons (Fsp3) is 0.455. The van der Waals surface area contributed by atoms with Crippen LogP contribution in [0.1, 0.15) is 19.8 Å². The molecule has 0 radical (unpaired) electrons. The van der Waals surface area contributed by atoms with Crippen LogP contribution in [0.3, 0.4) is 0 Å². The number of hydrogen-bond donors (Lipinski definition) is 0. The van der Waals surface area contributed by atoms with Gasteiger partial charge in [0.15, 0.2) is 0 Å². The minimum absolute atomic E-state index is 0.132. The molecule has 90 valence electrons. The lowest BCUT2D eigenvalue weighted by Gasteiger charge is -2.16. The minimum atomic E-state index is -3.46. The summed E-state index contributed by atoms with van der Waals surface area (Å²) in [5, 5.41) is 0. The van der Waals surface area contributed by atoms with E-state index in [9.17, 15) is 12.8 Å². The van der Waals surface area contributed by atoms with Crippen molar-refractivity contribution in [1.82, 2.24) is 4.31 Å². The van der Waals surface area contributed by atoms with Crippen molar-refractivity contribution >= 4 is 10.0 Å². The van der Waals surface area contributed by atoms with E-state index in [2.05, 4.69) is 0 Å². The van der Waals surface area contributed by atoms with Crippen molar-refractivity contribution in [1.29, 1.82) is 0 Å². The molecular weight excluding hydrogens is 229 g/mol. The van der Waals surface area contributed by atoms with Crippen molar-refractivity contribution in [3.8, 4) is 0 Å². The summed E-state index contributed by atoms with van der Waals surface area (Å²) in [6, 6.07) is 4.88. The Morgan fingerprint density at radius 2 is 1.81 bits per heavy atom. The quantitative estimate of drug-likeness (QED) is 0.798. The molecule has 16 heavy (non-hydrogen) atoms. The Hall–Kier alpha value is -0.940. The molecule has 0 saturated carbocycles. The molecule has 0 unspecified atom stereocenters. The average Bonchev–Trinajstić information content (AvgIpc) is 2.26. The van der Waals surface area contributed by atoms with Crippen LogP contribution >= 0.6 is 0 Å². The van der Waals surface area contributed by atoms with Crippen LogP contribution in [-0.4, -0.2) is 26.3 Å². The van der Waals surface area contributed by atoms with Crippen LogP contribution in [0.25, 0.3) is 0 Å². The molecule has 1 aromatic carbocycles.